The van der Waals surface area contributed by atoms with E-state index in [9.17, 15) is 4.79 Å². The Morgan fingerprint density at radius 1 is 1.25 bits per heavy atom. The van der Waals surface area contributed by atoms with Crippen molar-refractivity contribution in [1.29, 1.82) is 0 Å². The van der Waals surface area contributed by atoms with Crippen molar-refractivity contribution in [3.8, 4) is 0 Å². The van der Waals surface area contributed by atoms with Crippen LogP contribution in [-0.2, 0) is 11.2 Å². The van der Waals surface area contributed by atoms with Gasteiger partial charge in [0.05, 0.1) is 0 Å². The summed E-state index contributed by atoms with van der Waals surface area (Å²) in [7, 11) is 0. The molecule has 4 nitrogen and oxygen atoms in total. The number of amides is 1. The lowest BCUT2D eigenvalue weighted by molar-refractivity contribution is -0.121. The number of hydrogen-bond acceptors (Lipinski definition) is 3. The highest BCUT2D eigenvalue weighted by atomic mass is 16.1. The summed E-state index contributed by atoms with van der Waals surface area (Å²) in [5.74, 6) is 0.0703. The van der Waals surface area contributed by atoms with Crippen molar-refractivity contribution in [2.24, 2.45) is 5.73 Å². The second-order valence-electron chi connectivity index (χ2n) is 3.73. The van der Waals surface area contributed by atoms with Crippen molar-refractivity contribution in [2.75, 3.05) is 18.8 Å². The van der Waals surface area contributed by atoms with E-state index in [0.29, 0.717) is 19.5 Å². The summed E-state index contributed by atoms with van der Waals surface area (Å²) in [5, 5.41) is 2.74. The van der Waals surface area contributed by atoms with E-state index in [0.717, 1.165) is 18.5 Å². The number of hydrogen-bond donors (Lipinski definition) is 3. The van der Waals surface area contributed by atoms with Gasteiger partial charge in [0, 0.05) is 25.2 Å². The number of carbonyl (C=O) groups is 1. The minimum absolute atomic E-state index is 0.0703. The first-order chi connectivity index (χ1) is 7.72. The molecule has 5 N–H and O–H groups in total. The highest BCUT2D eigenvalue weighted by molar-refractivity contribution is 5.75. The van der Waals surface area contributed by atoms with Crippen LogP contribution in [0, 0.1) is 0 Å². The molecule has 16 heavy (non-hydrogen) atoms. The number of aryl methyl sites for hydroxylation is 1. The molecule has 0 atom stereocenters. The quantitative estimate of drug-likeness (QED) is 0.617. The van der Waals surface area contributed by atoms with Crippen molar-refractivity contribution in [3.05, 3.63) is 29.8 Å². The van der Waals surface area contributed by atoms with E-state index < -0.39 is 0 Å². The topological polar surface area (TPSA) is 81.1 Å². The predicted octanol–water partition coefficient (Wildman–Crippen LogP) is 0.666. The molecule has 1 rings (SSSR count). The van der Waals surface area contributed by atoms with Gasteiger partial charge in [0.15, 0.2) is 0 Å². The summed E-state index contributed by atoms with van der Waals surface area (Å²) in [5.41, 5.74) is 12.8. The van der Waals surface area contributed by atoms with E-state index in [1.165, 1.54) is 5.56 Å². The van der Waals surface area contributed by atoms with Gasteiger partial charge in [0.2, 0.25) is 5.91 Å². The lowest BCUT2D eigenvalue weighted by Gasteiger charge is -2.04. The molecular weight excluding hydrogens is 202 g/mol. The molecule has 0 spiro atoms. The van der Waals surface area contributed by atoms with Crippen LogP contribution in [-0.4, -0.2) is 19.0 Å². The number of benzene rings is 1. The third-order valence-corrected chi connectivity index (χ3v) is 2.32. The summed E-state index contributed by atoms with van der Waals surface area (Å²) in [6, 6.07) is 7.74. The van der Waals surface area contributed by atoms with Crippen molar-refractivity contribution in [2.45, 2.75) is 19.3 Å². The van der Waals surface area contributed by atoms with Crippen LogP contribution in [0.4, 0.5) is 5.69 Å². The average molecular weight is 221 g/mol. The van der Waals surface area contributed by atoms with Crippen LogP contribution in [0.1, 0.15) is 18.4 Å². The molecule has 0 aliphatic rings. The largest absolute Gasteiger partial charge is 0.399 e. The maximum absolute atomic E-state index is 11.3. The number of rotatable bonds is 6. The van der Waals surface area contributed by atoms with Gasteiger partial charge in [-0.25, -0.2) is 0 Å². The fourth-order valence-electron chi connectivity index (χ4n) is 1.44. The van der Waals surface area contributed by atoms with E-state index >= 15 is 0 Å². The van der Waals surface area contributed by atoms with Gasteiger partial charge >= 0.3 is 0 Å². The summed E-state index contributed by atoms with van der Waals surface area (Å²) >= 11 is 0. The van der Waals surface area contributed by atoms with Crippen molar-refractivity contribution in [1.82, 2.24) is 5.32 Å². The Bertz CT molecular complexity index is 322. The zero-order valence-electron chi connectivity index (χ0n) is 9.41. The van der Waals surface area contributed by atoms with Gasteiger partial charge in [0.25, 0.3) is 0 Å². The molecule has 88 valence electrons. The Balaban J connectivity index is 2.20. The summed E-state index contributed by atoms with van der Waals surface area (Å²) in [6.07, 6.45) is 2.29. The molecule has 4 heteroatoms. The van der Waals surface area contributed by atoms with E-state index in [1.54, 1.807) is 0 Å². The van der Waals surface area contributed by atoms with E-state index in [-0.39, 0.29) is 5.91 Å². The lowest BCUT2D eigenvalue weighted by Crippen LogP contribution is -2.28. The third kappa shape index (κ3) is 4.79. The summed E-state index contributed by atoms with van der Waals surface area (Å²) < 4.78 is 0. The summed E-state index contributed by atoms with van der Waals surface area (Å²) in [6.45, 7) is 1.05. The molecular formula is C12H19N3O. The smallest absolute Gasteiger partial charge is 0.220 e. The van der Waals surface area contributed by atoms with Crippen molar-refractivity contribution >= 4 is 11.6 Å². The van der Waals surface area contributed by atoms with Gasteiger partial charge in [0.1, 0.15) is 0 Å². The molecule has 1 aromatic carbocycles. The first kappa shape index (κ1) is 12.5. The van der Waals surface area contributed by atoms with Crippen LogP contribution in [0.2, 0.25) is 0 Å². The number of nitrogens with two attached hydrogens (primary N) is 2. The molecule has 0 aliphatic heterocycles. The van der Waals surface area contributed by atoms with Crippen LogP contribution in [0.25, 0.3) is 0 Å². The second kappa shape index (κ2) is 6.85. The average Bonchev–Trinajstić information content (AvgIpc) is 2.29. The Kier molecular flexibility index (Phi) is 5.36. The number of nitrogens with one attached hydrogen (secondary N) is 1. The van der Waals surface area contributed by atoms with E-state index in [2.05, 4.69) is 5.32 Å². The minimum atomic E-state index is 0.0703. The van der Waals surface area contributed by atoms with Crippen molar-refractivity contribution in [3.63, 3.8) is 0 Å². The van der Waals surface area contributed by atoms with Gasteiger partial charge in [-0.15, -0.1) is 0 Å². The molecule has 0 saturated heterocycles. The monoisotopic (exact) mass is 221 g/mol. The Hall–Kier alpha value is -1.55. The van der Waals surface area contributed by atoms with Crippen LogP contribution in [0.3, 0.4) is 0 Å². The molecule has 0 fully saturated rings. The van der Waals surface area contributed by atoms with E-state index in [4.69, 9.17) is 11.5 Å². The van der Waals surface area contributed by atoms with Crippen LogP contribution < -0.4 is 16.8 Å². The molecule has 0 unspecified atom stereocenters. The highest BCUT2D eigenvalue weighted by Gasteiger charge is 2.00. The highest BCUT2D eigenvalue weighted by Crippen LogP contribution is 2.08. The Morgan fingerprint density at radius 3 is 2.56 bits per heavy atom. The number of anilines is 1. The molecule has 0 radical (unpaired) electrons. The molecule has 1 aromatic rings. The number of nitrogen functional groups attached to an aromatic ring is 1. The predicted molar refractivity (Wildman–Crippen MR) is 65.9 cm³/mol. The molecule has 1 amide bonds. The minimum Gasteiger partial charge on any atom is -0.399 e. The fourth-order valence-corrected chi connectivity index (χ4v) is 1.44. The van der Waals surface area contributed by atoms with Crippen LogP contribution in [0.5, 0.6) is 0 Å². The molecule has 0 aliphatic carbocycles. The first-order valence-corrected chi connectivity index (χ1v) is 5.53. The van der Waals surface area contributed by atoms with Crippen LogP contribution in [0.15, 0.2) is 24.3 Å². The maximum atomic E-state index is 11.3. The van der Waals surface area contributed by atoms with Gasteiger partial charge in [-0.05, 0) is 30.5 Å². The van der Waals surface area contributed by atoms with Gasteiger partial charge < -0.3 is 16.8 Å². The van der Waals surface area contributed by atoms with Gasteiger partial charge in [-0.2, -0.15) is 0 Å². The molecule has 0 bridgehead atoms. The zero-order chi connectivity index (χ0) is 11.8. The van der Waals surface area contributed by atoms with Crippen molar-refractivity contribution < 1.29 is 4.79 Å². The molecule has 0 aromatic heterocycles. The van der Waals surface area contributed by atoms with Gasteiger partial charge in [-0.1, -0.05) is 12.1 Å². The lowest BCUT2D eigenvalue weighted by atomic mass is 10.1. The molecule has 0 saturated carbocycles. The van der Waals surface area contributed by atoms with Crippen LogP contribution >= 0.6 is 0 Å². The van der Waals surface area contributed by atoms with E-state index in [1.807, 2.05) is 24.3 Å². The zero-order valence-corrected chi connectivity index (χ0v) is 9.41. The Morgan fingerprint density at radius 2 is 1.94 bits per heavy atom. The Labute approximate surface area is 96.0 Å². The number of carbonyl (C=O) groups excluding carboxylic acids is 1. The maximum Gasteiger partial charge on any atom is 0.220 e. The first-order valence-electron chi connectivity index (χ1n) is 5.53. The molecule has 0 heterocycles. The standard InChI is InChI=1S/C12H19N3O/c13-8-9-15-12(16)3-1-2-10-4-6-11(14)7-5-10/h4-7H,1-3,8-9,13-14H2,(H,15,16). The third-order valence-electron chi connectivity index (χ3n) is 2.32. The second-order valence-corrected chi connectivity index (χ2v) is 3.73. The normalized spacial score (nSPS) is 10.1. The fraction of sp³-hybridized carbons (Fsp3) is 0.417. The summed E-state index contributed by atoms with van der Waals surface area (Å²) in [4.78, 5) is 11.3. The SMILES string of the molecule is NCCNC(=O)CCCc1ccc(N)cc1. The van der Waals surface area contributed by atoms with Gasteiger partial charge in [-0.3, -0.25) is 4.79 Å².